The molecule has 0 aliphatic carbocycles. The van der Waals surface area contributed by atoms with E-state index < -0.39 is 0 Å². The molecule has 0 saturated carbocycles. The molecule has 2 aromatic rings. The summed E-state index contributed by atoms with van der Waals surface area (Å²) in [5.74, 6) is -0.202. The van der Waals surface area contributed by atoms with Gasteiger partial charge in [-0.1, -0.05) is 37.0 Å². The van der Waals surface area contributed by atoms with Gasteiger partial charge in [0, 0.05) is 47.6 Å². The summed E-state index contributed by atoms with van der Waals surface area (Å²) < 4.78 is 0. The maximum absolute atomic E-state index is 12.6. The predicted molar refractivity (Wildman–Crippen MR) is 112 cm³/mol. The largest absolute Gasteiger partial charge is 0.377 e. The highest BCUT2D eigenvalue weighted by Gasteiger charge is 2.16. The third kappa shape index (κ3) is 5.88. The quantitative estimate of drug-likeness (QED) is 0.729. The summed E-state index contributed by atoms with van der Waals surface area (Å²) in [7, 11) is 3.72. The van der Waals surface area contributed by atoms with E-state index in [0.717, 1.165) is 5.69 Å². The zero-order valence-electron chi connectivity index (χ0n) is 15.8. The Kier molecular flexibility index (Phi) is 7.11. The van der Waals surface area contributed by atoms with Crippen LogP contribution in [0.5, 0.6) is 0 Å². The van der Waals surface area contributed by atoms with Gasteiger partial charge in [-0.25, -0.2) is 0 Å². The Bertz CT molecular complexity index is 831. The summed E-state index contributed by atoms with van der Waals surface area (Å²) in [5.41, 5.74) is 2.11. The van der Waals surface area contributed by atoms with Crippen LogP contribution in [0.4, 0.5) is 11.4 Å². The van der Waals surface area contributed by atoms with Gasteiger partial charge in [-0.15, -0.1) is 0 Å². The topological polar surface area (TPSA) is 61.4 Å². The van der Waals surface area contributed by atoms with Gasteiger partial charge in [0.25, 0.3) is 11.8 Å². The van der Waals surface area contributed by atoms with E-state index in [1.165, 1.54) is 12.1 Å². The van der Waals surface area contributed by atoms with Gasteiger partial charge < -0.3 is 15.5 Å². The number of amides is 2. The number of hydrogen-bond acceptors (Lipinski definition) is 3. The third-order valence-electron chi connectivity index (χ3n) is 3.78. The van der Waals surface area contributed by atoms with Crippen molar-refractivity contribution in [2.75, 3.05) is 30.9 Å². The van der Waals surface area contributed by atoms with Crippen molar-refractivity contribution in [3.63, 3.8) is 0 Å². The molecule has 0 radical (unpaired) electrons. The van der Waals surface area contributed by atoms with E-state index in [0.29, 0.717) is 39.3 Å². The minimum Gasteiger partial charge on any atom is -0.377 e. The van der Waals surface area contributed by atoms with Crippen LogP contribution in [0.1, 0.15) is 34.6 Å². The zero-order valence-corrected chi connectivity index (χ0v) is 17.3. The Hall–Kier alpha value is -2.24. The number of halogens is 2. The smallest absolute Gasteiger partial charge is 0.255 e. The molecule has 0 spiro atoms. The molecule has 2 N–H and O–H groups in total. The molecule has 0 aliphatic rings. The monoisotopic (exact) mass is 407 g/mol. The molecule has 0 bridgehead atoms. The Morgan fingerprint density at radius 1 is 1.00 bits per heavy atom. The van der Waals surface area contributed by atoms with E-state index in [9.17, 15) is 9.59 Å². The van der Waals surface area contributed by atoms with Gasteiger partial charge in [0.2, 0.25) is 0 Å². The van der Waals surface area contributed by atoms with Crippen molar-refractivity contribution in [1.82, 2.24) is 5.32 Å². The predicted octanol–water partition coefficient (Wildman–Crippen LogP) is 4.70. The van der Waals surface area contributed by atoms with Crippen molar-refractivity contribution < 1.29 is 9.59 Å². The second-order valence-corrected chi connectivity index (χ2v) is 7.72. The van der Waals surface area contributed by atoms with Gasteiger partial charge in [0.1, 0.15) is 0 Å². The number of rotatable bonds is 6. The summed E-state index contributed by atoms with van der Waals surface area (Å²) in [4.78, 5) is 26.9. The van der Waals surface area contributed by atoms with E-state index in [4.69, 9.17) is 23.2 Å². The number of carbonyl (C=O) groups excluding carboxylic acids is 2. The summed E-state index contributed by atoms with van der Waals surface area (Å²) in [6.45, 7) is 4.63. The molecule has 0 heterocycles. The van der Waals surface area contributed by atoms with Crippen molar-refractivity contribution >= 4 is 46.4 Å². The number of nitrogens with zero attached hydrogens (tertiary/aromatic N) is 1. The lowest BCUT2D eigenvalue weighted by Crippen LogP contribution is -2.29. The SMILES string of the molecule is CC(C)CNC(=O)c1cc(NC(=O)c2cc(Cl)cc(Cl)c2)ccc1N(C)C. The molecule has 2 amide bonds. The van der Waals surface area contributed by atoms with Crippen molar-refractivity contribution in [2.24, 2.45) is 5.92 Å². The molecule has 2 aromatic carbocycles. The van der Waals surface area contributed by atoms with Crippen LogP contribution < -0.4 is 15.5 Å². The second-order valence-electron chi connectivity index (χ2n) is 6.84. The standard InChI is InChI=1S/C20H23Cl2N3O2/c1-12(2)11-23-20(27)17-10-16(5-6-18(17)25(3)4)24-19(26)13-7-14(21)9-15(22)8-13/h5-10,12H,11H2,1-4H3,(H,23,27)(H,24,26). The van der Waals surface area contributed by atoms with Crippen LogP contribution in [0, 0.1) is 5.92 Å². The molecular weight excluding hydrogens is 385 g/mol. The lowest BCUT2D eigenvalue weighted by molar-refractivity contribution is 0.0948. The van der Waals surface area contributed by atoms with Gasteiger partial charge in [-0.05, 0) is 42.3 Å². The van der Waals surface area contributed by atoms with E-state index in [1.54, 1.807) is 24.3 Å². The first-order valence-corrected chi connectivity index (χ1v) is 9.30. The van der Waals surface area contributed by atoms with E-state index in [1.807, 2.05) is 32.8 Å². The van der Waals surface area contributed by atoms with Crippen LogP contribution in [0.2, 0.25) is 10.0 Å². The molecule has 2 rings (SSSR count). The Morgan fingerprint density at radius 2 is 1.63 bits per heavy atom. The van der Waals surface area contributed by atoms with Crippen LogP contribution >= 0.6 is 23.2 Å². The molecule has 5 nitrogen and oxygen atoms in total. The Balaban J connectivity index is 2.28. The minimum absolute atomic E-state index is 0.186. The number of benzene rings is 2. The normalized spacial score (nSPS) is 10.6. The number of anilines is 2. The average Bonchev–Trinajstić information content (AvgIpc) is 2.58. The van der Waals surface area contributed by atoms with Crippen molar-refractivity contribution in [3.8, 4) is 0 Å². The van der Waals surface area contributed by atoms with Crippen molar-refractivity contribution in [1.29, 1.82) is 0 Å². The fraction of sp³-hybridized carbons (Fsp3) is 0.300. The Morgan fingerprint density at radius 3 is 2.19 bits per heavy atom. The van der Waals surface area contributed by atoms with Crippen molar-refractivity contribution in [3.05, 3.63) is 57.6 Å². The highest BCUT2D eigenvalue weighted by atomic mass is 35.5. The molecule has 27 heavy (non-hydrogen) atoms. The molecule has 0 aliphatic heterocycles. The van der Waals surface area contributed by atoms with E-state index in [-0.39, 0.29) is 11.8 Å². The number of hydrogen-bond donors (Lipinski definition) is 2. The number of carbonyl (C=O) groups is 2. The molecule has 7 heteroatoms. The molecule has 0 atom stereocenters. The molecule has 0 aromatic heterocycles. The summed E-state index contributed by atoms with van der Waals surface area (Å²) in [5, 5.41) is 6.45. The molecule has 144 valence electrons. The Labute approximate surface area is 169 Å². The van der Waals surface area contributed by atoms with Gasteiger partial charge in [-0.2, -0.15) is 0 Å². The van der Waals surface area contributed by atoms with Gasteiger partial charge in [0.05, 0.1) is 5.56 Å². The average molecular weight is 408 g/mol. The molecule has 0 saturated heterocycles. The van der Waals surface area contributed by atoms with Gasteiger partial charge >= 0.3 is 0 Å². The fourth-order valence-corrected chi connectivity index (χ4v) is 2.99. The van der Waals surface area contributed by atoms with Crippen LogP contribution in [0.25, 0.3) is 0 Å². The number of nitrogens with one attached hydrogen (secondary N) is 2. The summed E-state index contributed by atoms with van der Waals surface area (Å²) >= 11 is 11.9. The van der Waals surface area contributed by atoms with Gasteiger partial charge in [-0.3, -0.25) is 9.59 Å². The first kappa shape index (κ1) is 21.1. The molecular formula is C20H23Cl2N3O2. The lowest BCUT2D eigenvalue weighted by atomic mass is 10.1. The maximum Gasteiger partial charge on any atom is 0.255 e. The van der Waals surface area contributed by atoms with Crippen LogP contribution in [0.15, 0.2) is 36.4 Å². The van der Waals surface area contributed by atoms with Crippen LogP contribution in [-0.4, -0.2) is 32.5 Å². The third-order valence-corrected chi connectivity index (χ3v) is 4.21. The van der Waals surface area contributed by atoms with Crippen molar-refractivity contribution in [2.45, 2.75) is 13.8 Å². The first-order valence-electron chi connectivity index (χ1n) is 8.54. The van der Waals surface area contributed by atoms with E-state index >= 15 is 0 Å². The minimum atomic E-state index is -0.356. The molecule has 0 unspecified atom stereocenters. The summed E-state index contributed by atoms with van der Waals surface area (Å²) in [6, 6.07) is 9.84. The second kappa shape index (κ2) is 9.11. The summed E-state index contributed by atoms with van der Waals surface area (Å²) in [6.07, 6.45) is 0. The van der Waals surface area contributed by atoms with Crippen LogP contribution in [-0.2, 0) is 0 Å². The maximum atomic E-state index is 12.6. The van der Waals surface area contributed by atoms with E-state index in [2.05, 4.69) is 10.6 Å². The van der Waals surface area contributed by atoms with Gasteiger partial charge in [0.15, 0.2) is 0 Å². The fourth-order valence-electron chi connectivity index (χ4n) is 2.47. The molecule has 0 fully saturated rings. The first-order chi connectivity index (χ1) is 12.7. The highest BCUT2D eigenvalue weighted by molar-refractivity contribution is 6.35. The van der Waals surface area contributed by atoms with Crippen LogP contribution in [0.3, 0.4) is 0 Å². The lowest BCUT2D eigenvalue weighted by Gasteiger charge is -2.19. The highest BCUT2D eigenvalue weighted by Crippen LogP contribution is 2.24. The zero-order chi connectivity index (χ0) is 20.1.